The zero-order valence-electron chi connectivity index (χ0n) is 15.6. The molecule has 3 amide bonds. The Hall–Kier alpha value is -3.15. The first kappa shape index (κ1) is 18.6. The summed E-state index contributed by atoms with van der Waals surface area (Å²) in [5, 5.41) is 1.75. The van der Waals surface area contributed by atoms with Crippen LogP contribution in [0.15, 0.2) is 48.5 Å². The quantitative estimate of drug-likeness (QED) is 0.631. The molecule has 0 saturated heterocycles. The normalized spacial score (nSPS) is 13.3. The third-order valence-electron chi connectivity index (χ3n) is 4.62. The van der Waals surface area contributed by atoms with Gasteiger partial charge in [0.2, 0.25) is 11.8 Å². The molecule has 27 heavy (non-hydrogen) atoms. The van der Waals surface area contributed by atoms with Crippen molar-refractivity contribution in [2.45, 2.75) is 26.7 Å². The second kappa shape index (κ2) is 8.03. The van der Waals surface area contributed by atoms with Crippen LogP contribution in [0.1, 0.15) is 34.8 Å². The number of aryl methyl sites for hydroxylation is 1. The highest BCUT2D eigenvalue weighted by atomic mass is 16.2. The number of nitrogens with one attached hydrogen (secondary N) is 1. The summed E-state index contributed by atoms with van der Waals surface area (Å²) in [6.45, 7) is 4.62. The van der Waals surface area contributed by atoms with Crippen LogP contribution in [-0.4, -0.2) is 35.7 Å². The monoisotopic (exact) mass is 365 g/mol. The van der Waals surface area contributed by atoms with E-state index in [4.69, 9.17) is 0 Å². The Morgan fingerprint density at radius 3 is 2.52 bits per heavy atom. The molecule has 2 aromatic carbocycles. The first-order chi connectivity index (χ1) is 13.0. The molecule has 3 rings (SSSR count). The zero-order chi connectivity index (χ0) is 19.4. The number of hydrogen-bond donors (Lipinski definition) is 1. The lowest BCUT2D eigenvalue weighted by Crippen LogP contribution is -2.46. The van der Waals surface area contributed by atoms with Gasteiger partial charge in [-0.3, -0.25) is 29.7 Å². The van der Waals surface area contributed by atoms with E-state index in [0.29, 0.717) is 12.1 Å². The van der Waals surface area contributed by atoms with Crippen molar-refractivity contribution >= 4 is 23.4 Å². The van der Waals surface area contributed by atoms with Crippen LogP contribution >= 0.6 is 0 Å². The highest BCUT2D eigenvalue weighted by molar-refractivity contribution is 6.09. The van der Waals surface area contributed by atoms with Gasteiger partial charge < -0.3 is 0 Å². The van der Waals surface area contributed by atoms with E-state index >= 15 is 0 Å². The summed E-state index contributed by atoms with van der Waals surface area (Å²) in [6, 6.07) is 14.9. The number of fused-ring (bicyclic) bond motifs is 1. The van der Waals surface area contributed by atoms with Gasteiger partial charge in [-0.05, 0) is 37.6 Å². The molecule has 2 aromatic rings. The average Bonchev–Trinajstić information content (AvgIpc) is 2.66. The molecule has 0 unspecified atom stereocenters. The van der Waals surface area contributed by atoms with Gasteiger partial charge in [-0.2, -0.15) is 0 Å². The molecule has 0 saturated carbocycles. The lowest BCUT2D eigenvalue weighted by molar-refractivity contribution is -0.129. The minimum absolute atomic E-state index is 0.0575. The number of benzene rings is 2. The smallest absolute Gasteiger partial charge is 0.260 e. The molecule has 0 spiro atoms. The van der Waals surface area contributed by atoms with Crippen LogP contribution < -0.4 is 10.4 Å². The van der Waals surface area contributed by atoms with E-state index in [9.17, 15) is 14.4 Å². The van der Waals surface area contributed by atoms with E-state index in [-0.39, 0.29) is 37.1 Å². The van der Waals surface area contributed by atoms with Gasteiger partial charge in [0.1, 0.15) is 0 Å². The number of hydrazine groups is 1. The summed E-state index contributed by atoms with van der Waals surface area (Å²) in [5.41, 5.74) is 6.14. The summed E-state index contributed by atoms with van der Waals surface area (Å²) >= 11 is 0. The molecule has 1 aliphatic heterocycles. The van der Waals surface area contributed by atoms with Crippen LogP contribution in [-0.2, 0) is 16.0 Å². The fourth-order valence-corrected chi connectivity index (χ4v) is 3.10. The Morgan fingerprint density at radius 1 is 1.11 bits per heavy atom. The van der Waals surface area contributed by atoms with Crippen LogP contribution in [0.25, 0.3) is 0 Å². The average molecular weight is 365 g/mol. The van der Waals surface area contributed by atoms with Gasteiger partial charge in [0.25, 0.3) is 5.91 Å². The van der Waals surface area contributed by atoms with E-state index in [2.05, 4.69) is 5.43 Å². The Labute approximate surface area is 158 Å². The lowest BCUT2D eigenvalue weighted by atomic mass is 9.98. The first-order valence-electron chi connectivity index (χ1n) is 9.06. The molecule has 0 aromatic heterocycles. The fraction of sp³-hybridized carbons (Fsp3) is 0.286. The topological polar surface area (TPSA) is 69.7 Å². The van der Waals surface area contributed by atoms with Gasteiger partial charge in [-0.1, -0.05) is 35.9 Å². The lowest BCUT2D eigenvalue weighted by Gasteiger charge is -2.28. The number of amides is 3. The number of imide groups is 1. The molecule has 0 fully saturated rings. The van der Waals surface area contributed by atoms with Crippen molar-refractivity contribution in [3.05, 3.63) is 65.2 Å². The molecule has 0 radical (unpaired) electrons. The van der Waals surface area contributed by atoms with Crippen molar-refractivity contribution in [1.29, 1.82) is 0 Å². The maximum Gasteiger partial charge on any atom is 0.260 e. The van der Waals surface area contributed by atoms with E-state index in [1.54, 1.807) is 23.2 Å². The van der Waals surface area contributed by atoms with Crippen molar-refractivity contribution in [3.63, 3.8) is 0 Å². The third kappa shape index (κ3) is 4.16. The maximum absolute atomic E-state index is 12.5. The molecule has 6 heteroatoms. The van der Waals surface area contributed by atoms with Gasteiger partial charge in [-0.25, -0.2) is 0 Å². The number of carbonyl (C=O) groups excluding carboxylic acids is 3. The van der Waals surface area contributed by atoms with E-state index in [1.165, 1.54) is 4.90 Å². The van der Waals surface area contributed by atoms with Crippen molar-refractivity contribution in [2.24, 2.45) is 0 Å². The molecule has 1 aliphatic rings. The van der Waals surface area contributed by atoms with Crippen LogP contribution in [0.5, 0.6) is 0 Å². The highest BCUT2D eigenvalue weighted by Crippen LogP contribution is 2.20. The summed E-state index contributed by atoms with van der Waals surface area (Å²) < 4.78 is 0. The van der Waals surface area contributed by atoms with Gasteiger partial charge in [0.05, 0.1) is 12.1 Å². The predicted octanol–water partition coefficient (Wildman–Crippen LogP) is 2.47. The number of anilines is 1. The van der Waals surface area contributed by atoms with Crippen molar-refractivity contribution < 1.29 is 14.4 Å². The third-order valence-corrected chi connectivity index (χ3v) is 4.62. The highest BCUT2D eigenvalue weighted by Gasteiger charge is 2.30. The minimum atomic E-state index is -0.333. The Balaban J connectivity index is 1.61. The van der Waals surface area contributed by atoms with Gasteiger partial charge >= 0.3 is 0 Å². The molecule has 1 heterocycles. The first-order valence-corrected chi connectivity index (χ1v) is 9.06. The predicted molar refractivity (Wildman–Crippen MR) is 103 cm³/mol. The van der Waals surface area contributed by atoms with Crippen molar-refractivity contribution in [2.75, 3.05) is 18.1 Å². The number of rotatable bonds is 6. The fourth-order valence-electron chi connectivity index (χ4n) is 3.10. The summed E-state index contributed by atoms with van der Waals surface area (Å²) in [6.07, 6.45) is 0.246. The van der Waals surface area contributed by atoms with Gasteiger partial charge in [0.15, 0.2) is 0 Å². The Kier molecular flexibility index (Phi) is 5.54. The molecule has 0 atom stereocenters. The number of nitrogens with zero attached hydrogens (tertiary/aromatic N) is 2. The largest absolute Gasteiger partial charge is 0.286 e. The van der Waals surface area contributed by atoms with Crippen LogP contribution in [0.2, 0.25) is 0 Å². The van der Waals surface area contributed by atoms with Gasteiger partial charge in [-0.15, -0.1) is 0 Å². The Bertz CT molecular complexity index is 861. The summed E-state index contributed by atoms with van der Waals surface area (Å²) in [7, 11) is 0. The zero-order valence-corrected chi connectivity index (χ0v) is 15.6. The van der Waals surface area contributed by atoms with Crippen LogP contribution in [0.3, 0.4) is 0 Å². The molecular formula is C21H23N3O3. The molecule has 6 nitrogen and oxygen atoms in total. The molecule has 0 bridgehead atoms. The van der Waals surface area contributed by atoms with E-state index in [1.807, 2.05) is 44.2 Å². The van der Waals surface area contributed by atoms with Crippen LogP contribution in [0.4, 0.5) is 5.69 Å². The van der Waals surface area contributed by atoms with Crippen molar-refractivity contribution in [3.8, 4) is 0 Å². The molecule has 1 N–H and O–H groups in total. The van der Waals surface area contributed by atoms with E-state index < -0.39 is 0 Å². The molecule has 0 aliphatic carbocycles. The number of hydrogen-bond acceptors (Lipinski definition) is 4. The number of carbonyl (C=O) groups is 3. The van der Waals surface area contributed by atoms with Crippen LogP contribution in [0, 0.1) is 6.92 Å². The molecule has 140 valence electrons. The maximum atomic E-state index is 12.5. The Morgan fingerprint density at radius 2 is 1.81 bits per heavy atom. The summed E-state index contributed by atoms with van der Waals surface area (Å²) in [4.78, 5) is 38.3. The van der Waals surface area contributed by atoms with Crippen molar-refractivity contribution in [1.82, 2.24) is 10.3 Å². The second-order valence-electron chi connectivity index (χ2n) is 6.55. The second-order valence-corrected chi connectivity index (χ2v) is 6.55. The summed E-state index contributed by atoms with van der Waals surface area (Å²) in [5.74, 6) is -0.838. The molecular weight excluding hydrogens is 342 g/mol. The van der Waals surface area contributed by atoms with E-state index in [0.717, 1.165) is 16.8 Å². The SMILES string of the molecule is CCN(NC(=O)CCN1C(=O)Cc2ccccc2C1=O)c1ccc(C)cc1. The van der Waals surface area contributed by atoms with Gasteiger partial charge in [0, 0.05) is 25.1 Å². The minimum Gasteiger partial charge on any atom is -0.286 e. The standard InChI is InChI=1S/C21H23N3O3/c1-3-24(17-10-8-15(2)9-11-17)22-19(25)12-13-23-20(26)14-16-6-4-5-7-18(16)21(23)27/h4-11H,3,12-14H2,1-2H3,(H,22,25).